The van der Waals surface area contributed by atoms with Crippen LogP contribution in [0.15, 0.2) is 90.1 Å². The van der Waals surface area contributed by atoms with Gasteiger partial charge in [-0.1, -0.05) is 102 Å². The number of nitriles is 1. The molecule has 0 radical (unpaired) electrons. The molecule has 0 saturated carbocycles. The Hall–Kier alpha value is -3.49. The van der Waals surface area contributed by atoms with Gasteiger partial charge in [0.15, 0.2) is 0 Å². The molecule has 4 nitrogen and oxygen atoms in total. The van der Waals surface area contributed by atoms with E-state index < -0.39 is 0 Å². The lowest BCUT2D eigenvalue weighted by molar-refractivity contribution is 0.845. The molecule has 0 saturated heterocycles. The summed E-state index contributed by atoms with van der Waals surface area (Å²) in [5.74, 6) is 0. The lowest BCUT2D eigenvalue weighted by Gasteiger charge is -2.11. The lowest BCUT2D eigenvalue weighted by Crippen LogP contribution is -2.07. The van der Waals surface area contributed by atoms with Crippen molar-refractivity contribution in [2.75, 3.05) is 0 Å². The third-order valence-corrected chi connectivity index (χ3v) is 5.64. The Balaban J connectivity index is 1.65. The van der Waals surface area contributed by atoms with E-state index in [0.717, 1.165) is 28.1 Å². The van der Waals surface area contributed by atoms with Crippen LogP contribution in [0.25, 0.3) is 22.5 Å². The van der Waals surface area contributed by atoms with Gasteiger partial charge < -0.3 is 0 Å². The molecule has 0 spiro atoms. The molecular formula is C25H20N4S. The molecule has 146 valence electrons. The maximum Gasteiger partial charge on any atom is 0.210 e. The van der Waals surface area contributed by atoms with Crippen molar-refractivity contribution in [1.29, 1.82) is 5.26 Å². The predicted molar refractivity (Wildman–Crippen MR) is 121 cm³/mol. The Kier molecular flexibility index (Phi) is 6.17. The van der Waals surface area contributed by atoms with Gasteiger partial charge >= 0.3 is 0 Å². The number of aromatic nitrogens is 3. The predicted octanol–water partition coefficient (Wildman–Crippen LogP) is 5.74. The molecule has 1 atom stereocenters. The highest BCUT2D eigenvalue weighted by Gasteiger charge is 2.17. The standard InChI is InChI=1S/C25H20N4S/c1-18-12-14-19(15-13-18)16-22(17-26)30-25-27-23(20-8-4-2-5-9-20)24(28-29-25)21-10-6-3-7-11-21/h2-15,22H,16H2,1H3/t22-/m1/s1. The van der Waals surface area contributed by atoms with Gasteiger partial charge in [-0.15, -0.1) is 10.2 Å². The van der Waals surface area contributed by atoms with Crippen LogP contribution in [0, 0.1) is 18.3 Å². The van der Waals surface area contributed by atoms with Gasteiger partial charge in [-0.25, -0.2) is 4.98 Å². The summed E-state index contributed by atoms with van der Waals surface area (Å²) in [6.45, 7) is 2.05. The number of rotatable bonds is 6. The van der Waals surface area contributed by atoms with Crippen molar-refractivity contribution in [3.05, 3.63) is 96.1 Å². The first-order valence-electron chi connectivity index (χ1n) is 9.70. The number of aryl methyl sites for hydroxylation is 1. The third kappa shape index (κ3) is 4.73. The summed E-state index contributed by atoms with van der Waals surface area (Å²) in [7, 11) is 0. The van der Waals surface area contributed by atoms with E-state index in [9.17, 15) is 5.26 Å². The van der Waals surface area contributed by atoms with Gasteiger partial charge in [-0.3, -0.25) is 0 Å². The molecule has 4 aromatic rings. The van der Waals surface area contributed by atoms with Crippen LogP contribution in [0.4, 0.5) is 0 Å². The monoisotopic (exact) mass is 408 g/mol. The van der Waals surface area contributed by atoms with E-state index in [1.54, 1.807) is 0 Å². The van der Waals surface area contributed by atoms with E-state index in [0.29, 0.717) is 11.6 Å². The number of hydrogen-bond donors (Lipinski definition) is 0. The molecule has 0 aliphatic carbocycles. The molecule has 0 N–H and O–H groups in total. The smallest absolute Gasteiger partial charge is 0.210 e. The fraction of sp³-hybridized carbons (Fsp3) is 0.120. The Morgan fingerprint density at radius 1 is 0.800 bits per heavy atom. The van der Waals surface area contributed by atoms with Crippen molar-refractivity contribution in [2.24, 2.45) is 0 Å². The fourth-order valence-corrected chi connectivity index (χ4v) is 3.94. The van der Waals surface area contributed by atoms with Crippen LogP contribution >= 0.6 is 11.8 Å². The molecule has 1 aromatic heterocycles. The van der Waals surface area contributed by atoms with E-state index in [1.807, 2.05) is 60.7 Å². The zero-order chi connectivity index (χ0) is 20.8. The van der Waals surface area contributed by atoms with Gasteiger partial charge in [0.1, 0.15) is 16.6 Å². The second-order valence-corrected chi connectivity index (χ2v) is 8.12. The van der Waals surface area contributed by atoms with Crippen LogP contribution in [0.3, 0.4) is 0 Å². The maximum atomic E-state index is 9.68. The number of nitrogens with zero attached hydrogens (tertiary/aromatic N) is 4. The molecule has 4 rings (SSSR count). The Morgan fingerprint density at radius 3 is 2.00 bits per heavy atom. The van der Waals surface area contributed by atoms with Crippen molar-refractivity contribution in [3.63, 3.8) is 0 Å². The first kappa shape index (κ1) is 19.8. The van der Waals surface area contributed by atoms with E-state index >= 15 is 0 Å². The van der Waals surface area contributed by atoms with Gasteiger partial charge in [-0.05, 0) is 18.9 Å². The highest BCUT2D eigenvalue weighted by atomic mass is 32.2. The largest absolute Gasteiger partial charge is 0.219 e. The quantitative estimate of drug-likeness (QED) is 0.381. The topological polar surface area (TPSA) is 62.5 Å². The van der Waals surface area contributed by atoms with Crippen LogP contribution in [0.1, 0.15) is 11.1 Å². The van der Waals surface area contributed by atoms with E-state index in [4.69, 9.17) is 4.98 Å². The van der Waals surface area contributed by atoms with Crippen LogP contribution < -0.4 is 0 Å². The Bertz CT molecular complexity index is 1150. The summed E-state index contributed by atoms with van der Waals surface area (Å²) in [4.78, 5) is 4.80. The summed E-state index contributed by atoms with van der Waals surface area (Å²) in [6, 6.07) is 30.5. The van der Waals surface area contributed by atoms with Gasteiger partial charge in [0, 0.05) is 11.1 Å². The molecule has 3 aromatic carbocycles. The average molecular weight is 409 g/mol. The van der Waals surface area contributed by atoms with Crippen LogP contribution in [-0.2, 0) is 6.42 Å². The second-order valence-electron chi connectivity index (χ2n) is 6.95. The summed E-state index contributed by atoms with van der Waals surface area (Å²) >= 11 is 1.35. The van der Waals surface area contributed by atoms with Crippen molar-refractivity contribution < 1.29 is 0 Å². The first-order chi connectivity index (χ1) is 14.7. The van der Waals surface area contributed by atoms with E-state index in [-0.39, 0.29) is 5.25 Å². The maximum absolute atomic E-state index is 9.68. The van der Waals surface area contributed by atoms with E-state index in [1.165, 1.54) is 17.3 Å². The summed E-state index contributed by atoms with van der Waals surface area (Å²) in [6.07, 6.45) is 0.631. The first-order valence-corrected chi connectivity index (χ1v) is 10.6. The number of thioether (sulfide) groups is 1. The number of benzene rings is 3. The second kappa shape index (κ2) is 9.34. The third-order valence-electron chi connectivity index (χ3n) is 4.70. The zero-order valence-electron chi connectivity index (χ0n) is 16.6. The van der Waals surface area contributed by atoms with Crippen LogP contribution in [0.5, 0.6) is 0 Å². The van der Waals surface area contributed by atoms with Crippen molar-refractivity contribution in [2.45, 2.75) is 23.8 Å². The summed E-state index contributed by atoms with van der Waals surface area (Å²) in [5, 5.41) is 18.7. The highest BCUT2D eigenvalue weighted by molar-refractivity contribution is 8.00. The van der Waals surface area contributed by atoms with Gasteiger partial charge in [-0.2, -0.15) is 5.26 Å². The van der Waals surface area contributed by atoms with Crippen molar-refractivity contribution >= 4 is 11.8 Å². The number of hydrogen-bond acceptors (Lipinski definition) is 5. The molecule has 0 amide bonds. The van der Waals surface area contributed by atoms with Crippen LogP contribution in [0.2, 0.25) is 0 Å². The molecule has 30 heavy (non-hydrogen) atoms. The van der Waals surface area contributed by atoms with Gasteiger partial charge in [0.05, 0.1) is 6.07 Å². The average Bonchev–Trinajstić information content (AvgIpc) is 2.81. The highest BCUT2D eigenvalue weighted by Crippen LogP contribution is 2.31. The molecule has 1 heterocycles. The summed E-state index contributed by atoms with van der Waals surface area (Å²) in [5.41, 5.74) is 5.77. The van der Waals surface area contributed by atoms with E-state index in [2.05, 4.69) is 47.5 Å². The van der Waals surface area contributed by atoms with Gasteiger partial charge in [0.25, 0.3) is 0 Å². The fourth-order valence-electron chi connectivity index (χ4n) is 3.13. The Morgan fingerprint density at radius 2 is 1.40 bits per heavy atom. The molecule has 5 heteroatoms. The minimum atomic E-state index is -0.291. The molecule has 0 aliphatic heterocycles. The zero-order valence-corrected chi connectivity index (χ0v) is 17.4. The van der Waals surface area contributed by atoms with Crippen molar-refractivity contribution in [1.82, 2.24) is 15.2 Å². The molecule has 0 bridgehead atoms. The normalized spacial score (nSPS) is 11.6. The molecule has 0 unspecified atom stereocenters. The molecular weight excluding hydrogens is 388 g/mol. The minimum absolute atomic E-state index is 0.291. The SMILES string of the molecule is Cc1ccc(C[C@H](C#N)Sc2nnc(-c3ccccc3)c(-c3ccccc3)n2)cc1. The Labute approximate surface area is 180 Å². The molecule has 0 aliphatic rings. The van der Waals surface area contributed by atoms with Gasteiger partial charge in [0.2, 0.25) is 5.16 Å². The van der Waals surface area contributed by atoms with Crippen molar-refractivity contribution in [3.8, 4) is 28.6 Å². The summed E-state index contributed by atoms with van der Waals surface area (Å²) < 4.78 is 0. The van der Waals surface area contributed by atoms with Crippen LogP contribution in [-0.4, -0.2) is 20.4 Å². The lowest BCUT2D eigenvalue weighted by atomic mass is 10.0. The molecule has 0 fully saturated rings. The minimum Gasteiger partial charge on any atom is -0.219 e.